The molecule has 3 aromatic rings. The molecule has 4 heteroatoms. The van der Waals surface area contributed by atoms with Crippen molar-refractivity contribution < 1.29 is 4.79 Å². The summed E-state index contributed by atoms with van der Waals surface area (Å²) in [6, 6.07) is 20.0. The van der Waals surface area contributed by atoms with E-state index in [9.17, 15) is 4.79 Å². The molecule has 0 atom stereocenters. The Morgan fingerprint density at radius 2 is 1.73 bits per heavy atom. The maximum atomic E-state index is 12.9. The second-order valence-electron chi connectivity index (χ2n) is 6.26. The number of amides is 1. The topological polar surface area (TPSA) is 45.2 Å². The lowest BCUT2D eigenvalue weighted by Crippen LogP contribution is -2.30. The number of carbonyl (C=O) groups is 1. The number of nitrogens with one attached hydrogen (secondary N) is 1. The smallest absolute Gasteiger partial charge is 0.255 e. The van der Waals surface area contributed by atoms with Gasteiger partial charge in [-0.3, -0.25) is 9.78 Å². The van der Waals surface area contributed by atoms with Crippen LogP contribution in [0, 0.1) is 6.92 Å². The van der Waals surface area contributed by atoms with Gasteiger partial charge in [0.2, 0.25) is 0 Å². The number of aromatic nitrogens is 1. The molecule has 0 aliphatic rings. The van der Waals surface area contributed by atoms with Crippen molar-refractivity contribution in [1.29, 1.82) is 0 Å². The number of carbonyl (C=O) groups excluding carboxylic acids is 1. The summed E-state index contributed by atoms with van der Waals surface area (Å²) in [5.74, 6) is -0.0172. The molecule has 0 saturated heterocycles. The van der Waals surface area contributed by atoms with E-state index in [1.165, 1.54) is 5.56 Å². The lowest BCUT2D eigenvalue weighted by atomic mass is 10.1. The Kier molecular flexibility index (Phi) is 5.64. The lowest BCUT2D eigenvalue weighted by molar-refractivity contribution is 0.0752. The first-order valence-corrected chi connectivity index (χ1v) is 8.77. The van der Waals surface area contributed by atoms with Gasteiger partial charge in [0, 0.05) is 25.0 Å². The van der Waals surface area contributed by atoms with Crippen LogP contribution in [0.5, 0.6) is 0 Å². The first-order valence-electron chi connectivity index (χ1n) is 8.77. The quantitative estimate of drug-likeness (QED) is 0.698. The summed E-state index contributed by atoms with van der Waals surface area (Å²) in [5, 5.41) is 3.30. The summed E-state index contributed by atoms with van der Waals surface area (Å²) in [6.45, 7) is 5.27. The number of nitrogens with zero attached hydrogens (tertiary/aromatic N) is 2. The van der Waals surface area contributed by atoms with E-state index in [-0.39, 0.29) is 5.91 Å². The van der Waals surface area contributed by atoms with Gasteiger partial charge in [-0.25, -0.2) is 0 Å². The van der Waals surface area contributed by atoms with Crippen molar-refractivity contribution in [2.45, 2.75) is 20.4 Å². The summed E-state index contributed by atoms with van der Waals surface area (Å²) in [6.07, 6.45) is 3.35. The first-order chi connectivity index (χ1) is 12.7. The van der Waals surface area contributed by atoms with Crippen LogP contribution in [0.4, 0.5) is 11.4 Å². The molecule has 0 unspecified atom stereocenters. The third kappa shape index (κ3) is 4.48. The molecule has 0 saturated carbocycles. The van der Waals surface area contributed by atoms with Gasteiger partial charge < -0.3 is 10.2 Å². The molecule has 3 rings (SSSR count). The minimum Gasteiger partial charge on any atom is -0.354 e. The van der Waals surface area contributed by atoms with Crippen molar-refractivity contribution >= 4 is 17.3 Å². The highest BCUT2D eigenvalue weighted by Crippen LogP contribution is 2.18. The Balaban J connectivity index is 1.75. The molecule has 1 aromatic heterocycles. The van der Waals surface area contributed by atoms with Gasteiger partial charge >= 0.3 is 0 Å². The minimum absolute atomic E-state index is 0.0172. The standard InChI is InChI=1S/C22H23N3O/c1-3-25(16-18-7-5-4-6-8-18)22(26)19-13-21(15-23-14-19)24-20-11-9-17(2)10-12-20/h4-15,24H,3,16H2,1-2H3. The monoisotopic (exact) mass is 345 g/mol. The second kappa shape index (κ2) is 8.30. The Morgan fingerprint density at radius 3 is 2.42 bits per heavy atom. The van der Waals surface area contributed by atoms with E-state index in [1.807, 2.05) is 72.5 Å². The van der Waals surface area contributed by atoms with E-state index in [0.29, 0.717) is 18.7 Å². The summed E-state index contributed by atoms with van der Waals surface area (Å²) in [5.41, 5.74) is 4.68. The fraction of sp³-hybridized carbons (Fsp3) is 0.182. The normalized spacial score (nSPS) is 10.4. The van der Waals surface area contributed by atoms with Crippen LogP contribution in [0.1, 0.15) is 28.4 Å². The molecule has 26 heavy (non-hydrogen) atoms. The molecule has 132 valence electrons. The lowest BCUT2D eigenvalue weighted by Gasteiger charge is -2.21. The number of hydrogen-bond donors (Lipinski definition) is 1. The third-order valence-corrected chi connectivity index (χ3v) is 4.21. The van der Waals surface area contributed by atoms with Crippen LogP contribution >= 0.6 is 0 Å². The first kappa shape index (κ1) is 17.7. The van der Waals surface area contributed by atoms with E-state index in [0.717, 1.165) is 16.9 Å². The molecule has 1 amide bonds. The summed E-state index contributed by atoms with van der Waals surface area (Å²) in [4.78, 5) is 18.9. The number of rotatable bonds is 6. The number of aryl methyl sites for hydroxylation is 1. The van der Waals surface area contributed by atoms with Crippen molar-refractivity contribution in [1.82, 2.24) is 9.88 Å². The van der Waals surface area contributed by atoms with E-state index in [1.54, 1.807) is 12.4 Å². The van der Waals surface area contributed by atoms with Gasteiger partial charge in [-0.05, 0) is 37.6 Å². The molecule has 0 aliphatic heterocycles. The van der Waals surface area contributed by atoms with Crippen molar-refractivity contribution in [3.8, 4) is 0 Å². The van der Waals surface area contributed by atoms with Gasteiger partial charge in [0.25, 0.3) is 5.91 Å². The van der Waals surface area contributed by atoms with Crippen LogP contribution in [0.25, 0.3) is 0 Å². The van der Waals surface area contributed by atoms with E-state index < -0.39 is 0 Å². The fourth-order valence-electron chi connectivity index (χ4n) is 2.74. The van der Waals surface area contributed by atoms with Crippen LogP contribution in [0.2, 0.25) is 0 Å². The number of hydrogen-bond acceptors (Lipinski definition) is 3. The van der Waals surface area contributed by atoms with Gasteiger partial charge in [0.1, 0.15) is 0 Å². The Bertz CT molecular complexity index is 860. The second-order valence-corrected chi connectivity index (χ2v) is 6.26. The molecule has 0 aliphatic carbocycles. The van der Waals surface area contributed by atoms with Gasteiger partial charge in [-0.1, -0.05) is 48.0 Å². The van der Waals surface area contributed by atoms with Crippen molar-refractivity contribution in [2.24, 2.45) is 0 Å². The maximum Gasteiger partial charge on any atom is 0.255 e. The molecule has 0 bridgehead atoms. The fourth-order valence-corrected chi connectivity index (χ4v) is 2.74. The maximum absolute atomic E-state index is 12.9. The predicted molar refractivity (Wildman–Crippen MR) is 106 cm³/mol. The number of anilines is 2. The summed E-state index contributed by atoms with van der Waals surface area (Å²) < 4.78 is 0. The molecular formula is C22H23N3O. The highest BCUT2D eigenvalue weighted by atomic mass is 16.2. The van der Waals surface area contributed by atoms with Gasteiger partial charge in [-0.2, -0.15) is 0 Å². The number of benzene rings is 2. The predicted octanol–water partition coefficient (Wildman–Crippen LogP) is 4.80. The zero-order chi connectivity index (χ0) is 18.4. The molecule has 0 spiro atoms. The van der Waals surface area contributed by atoms with Crippen LogP contribution in [-0.4, -0.2) is 22.3 Å². The highest BCUT2D eigenvalue weighted by Gasteiger charge is 2.15. The van der Waals surface area contributed by atoms with Crippen LogP contribution in [-0.2, 0) is 6.54 Å². The molecule has 1 heterocycles. The highest BCUT2D eigenvalue weighted by molar-refractivity contribution is 5.94. The Labute approximate surface area is 154 Å². The molecule has 0 radical (unpaired) electrons. The summed E-state index contributed by atoms with van der Waals surface area (Å²) in [7, 11) is 0. The SMILES string of the molecule is CCN(Cc1ccccc1)C(=O)c1cncc(Nc2ccc(C)cc2)c1. The Hall–Kier alpha value is -3.14. The minimum atomic E-state index is -0.0172. The van der Waals surface area contributed by atoms with E-state index >= 15 is 0 Å². The molecule has 4 nitrogen and oxygen atoms in total. The zero-order valence-electron chi connectivity index (χ0n) is 15.1. The zero-order valence-corrected chi connectivity index (χ0v) is 15.1. The van der Waals surface area contributed by atoms with E-state index in [2.05, 4.69) is 17.2 Å². The number of pyridine rings is 1. The van der Waals surface area contributed by atoms with E-state index in [4.69, 9.17) is 0 Å². The van der Waals surface area contributed by atoms with Gasteiger partial charge in [-0.15, -0.1) is 0 Å². The average molecular weight is 345 g/mol. The van der Waals surface area contributed by atoms with Crippen molar-refractivity contribution in [3.63, 3.8) is 0 Å². The van der Waals surface area contributed by atoms with Crippen molar-refractivity contribution in [3.05, 3.63) is 89.7 Å². The van der Waals surface area contributed by atoms with Crippen LogP contribution in [0.3, 0.4) is 0 Å². The average Bonchev–Trinajstić information content (AvgIpc) is 2.68. The molecule has 0 fully saturated rings. The largest absolute Gasteiger partial charge is 0.354 e. The van der Waals surface area contributed by atoms with Gasteiger partial charge in [0.05, 0.1) is 17.4 Å². The molecule has 2 aromatic carbocycles. The third-order valence-electron chi connectivity index (χ3n) is 4.21. The molecular weight excluding hydrogens is 322 g/mol. The molecule has 1 N–H and O–H groups in total. The Morgan fingerprint density at radius 1 is 1.00 bits per heavy atom. The van der Waals surface area contributed by atoms with Crippen LogP contribution in [0.15, 0.2) is 73.1 Å². The van der Waals surface area contributed by atoms with Crippen molar-refractivity contribution in [2.75, 3.05) is 11.9 Å². The summed E-state index contributed by atoms with van der Waals surface area (Å²) >= 11 is 0. The van der Waals surface area contributed by atoms with Crippen LogP contribution < -0.4 is 5.32 Å². The van der Waals surface area contributed by atoms with Gasteiger partial charge in [0.15, 0.2) is 0 Å².